The first-order valence-electron chi connectivity index (χ1n) is 5.48. The quantitative estimate of drug-likeness (QED) is 0.570. The first kappa shape index (κ1) is 13.0. The van der Waals surface area contributed by atoms with E-state index in [4.69, 9.17) is 8.85 Å². The van der Waals surface area contributed by atoms with Crippen molar-refractivity contribution in [2.24, 2.45) is 0 Å². The van der Waals surface area contributed by atoms with Gasteiger partial charge in [0.1, 0.15) is 0 Å². The van der Waals surface area contributed by atoms with Crippen molar-refractivity contribution in [1.29, 1.82) is 0 Å². The summed E-state index contributed by atoms with van der Waals surface area (Å²) in [5, 5.41) is 1.10. The topological polar surface area (TPSA) is 18.5 Å². The van der Waals surface area contributed by atoms with Gasteiger partial charge in [-0.05, 0) is 26.8 Å². The van der Waals surface area contributed by atoms with Crippen LogP contribution < -0.4 is 5.19 Å². The fourth-order valence-corrected chi connectivity index (χ4v) is 2.88. The maximum atomic E-state index is 5.67. The smallest absolute Gasteiger partial charge is 0.390 e. The van der Waals surface area contributed by atoms with E-state index in [1.165, 1.54) is 0 Å². The minimum atomic E-state index is -1.38. The summed E-state index contributed by atoms with van der Waals surface area (Å²) in [5.74, 6) is 6.01. The predicted molar refractivity (Wildman–Crippen MR) is 67.6 cm³/mol. The van der Waals surface area contributed by atoms with E-state index >= 15 is 0 Å². The van der Waals surface area contributed by atoms with Crippen LogP contribution in [-0.4, -0.2) is 22.5 Å². The molecule has 16 heavy (non-hydrogen) atoms. The van der Waals surface area contributed by atoms with Crippen molar-refractivity contribution in [2.75, 3.05) is 13.2 Å². The van der Waals surface area contributed by atoms with E-state index in [1.54, 1.807) is 0 Å². The molecule has 0 unspecified atom stereocenters. The molecule has 0 amide bonds. The van der Waals surface area contributed by atoms with Crippen LogP contribution in [0, 0.1) is 11.8 Å². The largest absolute Gasteiger partial charge is 0.424 e. The van der Waals surface area contributed by atoms with E-state index in [2.05, 4.69) is 11.8 Å². The molecular weight excluding hydrogens is 216 g/mol. The fourth-order valence-electron chi connectivity index (χ4n) is 1.36. The van der Waals surface area contributed by atoms with Gasteiger partial charge in [0.15, 0.2) is 0 Å². The van der Waals surface area contributed by atoms with Gasteiger partial charge < -0.3 is 8.85 Å². The second-order valence-corrected chi connectivity index (χ2v) is 4.77. The third-order valence-corrected chi connectivity index (χ3v) is 3.94. The molecule has 0 aliphatic carbocycles. The maximum absolute atomic E-state index is 5.67. The molecule has 0 saturated heterocycles. The van der Waals surface area contributed by atoms with Crippen molar-refractivity contribution in [3.05, 3.63) is 29.8 Å². The Morgan fingerprint density at radius 1 is 1.12 bits per heavy atom. The molecule has 0 saturated carbocycles. The molecule has 1 aromatic carbocycles. The molecule has 85 valence electrons. The molecule has 1 rings (SSSR count). The van der Waals surface area contributed by atoms with E-state index < -0.39 is 9.28 Å². The summed E-state index contributed by atoms with van der Waals surface area (Å²) in [6.45, 7) is 7.14. The third-order valence-electron chi connectivity index (χ3n) is 1.96. The minimum absolute atomic E-state index is 0.669. The summed E-state index contributed by atoms with van der Waals surface area (Å²) < 4.78 is 11.3. The van der Waals surface area contributed by atoms with Crippen LogP contribution in [0.2, 0.25) is 0 Å². The highest BCUT2D eigenvalue weighted by atomic mass is 28.3. The van der Waals surface area contributed by atoms with Crippen molar-refractivity contribution in [1.82, 2.24) is 0 Å². The zero-order chi connectivity index (χ0) is 11.8. The molecule has 0 fully saturated rings. The molecule has 1 aromatic rings. The lowest BCUT2D eigenvalue weighted by Gasteiger charge is -2.14. The van der Waals surface area contributed by atoms with E-state index in [0.717, 1.165) is 10.8 Å². The molecule has 0 atom stereocenters. The predicted octanol–water partition coefficient (Wildman–Crippen LogP) is 1.83. The molecule has 1 radical (unpaired) electrons. The SMILES string of the molecule is CC#Cc1ccccc1[Si](OCC)OCC. The molecule has 0 aliphatic rings. The van der Waals surface area contributed by atoms with Crippen LogP contribution in [0.5, 0.6) is 0 Å². The summed E-state index contributed by atoms with van der Waals surface area (Å²) in [5.41, 5.74) is 1.01. The highest BCUT2D eigenvalue weighted by Crippen LogP contribution is 1.99. The molecule has 0 aliphatic heterocycles. The van der Waals surface area contributed by atoms with Crippen LogP contribution in [0.3, 0.4) is 0 Å². The van der Waals surface area contributed by atoms with Crippen molar-refractivity contribution >= 4 is 14.5 Å². The Labute approximate surface area is 99.4 Å². The normalized spacial score (nSPS) is 10.0. The van der Waals surface area contributed by atoms with Gasteiger partial charge in [-0.15, -0.1) is 5.92 Å². The van der Waals surface area contributed by atoms with Crippen molar-refractivity contribution in [3.63, 3.8) is 0 Å². The van der Waals surface area contributed by atoms with Gasteiger partial charge in [0.05, 0.1) is 0 Å². The van der Waals surface area contributed by atoms with E-state index in [1.807, 2.05) is 45.0 Å². The molecule has 0 heterocycles. The van der Waals surface area contributed by atoms with Crippen LogP contribution in [0.4, 0.5) is 0 Å². The Kier molecular flexibility index (Phi) is 5.87. The molecule has 3 heteroatoms. The van der Waals surface area contributed by atoms with Gasteiger partial charge in [-0.1, -0.05) is 24.1 Å². The van der Waals surface area contributed by atoms with Crippen LogP contribution in [0.1, 0.15) is 26.3 Å². The Bertz CT molecular complexity index is 373. The Hall–Kier alpha value is -1.08. The van der Waals surface area contributed by atoms with Crippen LogP contribution in [-0.2, 0) is 8.85 Å². The van der Waals surface area contributed by atoms with Gasteiger partial charge in [0.25, 0.3) is 0 Å². The van der Waals surface area contributed by atoms with Crippen molar-refractivity contribution < 1.29 is 8.85 Å². The molecule has 0 N–H and O–H groups in total. The highest BCUT2D eigenvalue weighted by molar-refractivity contribution is 6.62. The summed E-state index contributed by atoms with van der Waals surface area (Å²) in [6.07, 6.45) is 0. The van der Waals surface area contributed by atoms with Gasteiger partial charge in [0.2, 0.25) is 0 Å². The van der Waals surface area contributed by atoms with Gasteiger partial charge in [0, 0.05) is 24.0 Å². The maximum Gasteiger partial charge on any atom is 0.424 e. The van der Waals surface area contributed by atoms with E-state index in [9.17, 15) is 0 Å². The zero-order valence-electron chi connectivity index (χ0n) is 10.0. The van der Waals surface area contributed by atoms with Crippen molar-refractivity contribution in [3.8, 4) is 11.8 Å². The lowest BCUT2D eigenvalue weighted by molar-refractivity contribution is 0.225. The Morgan fingerprint density at radius 3 is 2.31 bits per heavy atom. The summed E-state index contributed by atoms with van der Waals surface area (Å²) >= 11 is 0. The Balaban J connectivity index is 3.00. The fraction of sp³-hybridized carbons (Fsp3) is 0.385. The first-order valence-corrected chi connectivity index (χ1v) is 6.79. The standard InChI is InChI=1S/C13H17O2Si/c1-4-9-12-10-7-8-11-13(12)16(14-5-2)15-6-3/h7-8,10-11H,5-6H2,1-3H3. The van der Waals surface area contributed by atoms with Gasteiger partial charge in [-0.2, -0.15) is 0 Å². The molecule has 0 aromatic heterocycles. The molecular formula is C13H17O2Si. The van der Waals surface area contributed by atoms with E-state index in [0.29, 0.717) is 13.2 Å². The van der Waals surface area contributed by atoms with E-state index in [-0.39, 0.29) is 0 Å². The summed E-state index contributed by atoms with van der Waals surface area (Å²) in [6, 6.07) is 8.03. The highest BCUT2D eigenvalue weighted by Gasteiger charge is 2.20. The summed E-state index contributed by atoms with van der Waals surface area (Å²) in [7, 11) is -1.38. The number of hydrogen-bond donors (Lipinski definition) is 0. The molecule has 2 nitrogen and oxygen atoms in total. The second-order valence-electron chi connectivity index (χ2n) is 3.07. The molecule has 0 spiro atoms. The lowest BCUT2D eigenvalue weighted by Crippen LogP contribution is -2.38. The van der Waals surface area contributed by atoms with Crippen LogP contribution in [0.25, 0.3) is 0 Å². The Morgan fingerprint density at radius 2 is 1.75 bits per heavy atom. The number of rotatable bonds is 5. The zero-order valence-corrected chi connectivity index (χ0v) is 11.0. The van der Waals surface area contributed by atoms with Gasteiger partial charge >= 0.3 is 9.28 Å². The molecule has 0 bridgehead atoms. The third kappa shape index (κ3) is 3.49. The first-order chi connectivity index (χ1) is 7.83. The minimum Gasteiger partial charge on any atom is -0.390 e. The summed E-state index contributed by atoms with van der Waals surface area (Å²) in [4.78, 5) is 0. The average molecular weight is 233 g/mol. The van der Waals surface area contributed by atoms with Crippen LogP contribution >= 0.6 is 0 Å². The van der Waals surface area contributed by atoms with Crippen molar-refractivity contribution in [2.45, 2.75) is 20.8 Å². The monoisotopic (exact) mass is 233 g/mol. The number of benzene rings is 1. The lowest BCUT2D eigenvalue weighted by atomic mass is 10.2. The average Bonchev–Trinajstić information content (AvgIpc) is 2.30. The van der Waals surface area contributed by atoms with Gasteiger partial charge in [-0.3, -0.25) is 0 Å². The van der Waals surface area contributed by atoms with Crippen LogP contribution in [0.15, 0.2) is 24.3 Å². The second kappa shape index (κ2) is 7.23. The van der Waals surface area contributed by atoms with Gasteiger partial charge in [-0.25, -0.2) is 0 Å². The number of hydrogen-bond acceptors (Lipinski definition) is 2.